The third-order valence-corrected chi connectivity index (χ3v) is 2.39. The van der Waals surface area contributed by atoms with Crippen LogP contribution in [0.3, 0.4) is 0 Å². The number of carbonyl (C=O) groups excluding carboxylic acids is 3. The molecule has 29 heteroatoms. The first-order valence-corrected chi connectivity index (χ1v) is 5.72. The number of nitrogens with two attached hydrogens (primary N) is 4. The Balaban J connectivity index is -0.0000000117. The van der Waals surface area contributed by atoms with E-state index in [0.29, 0.717) is 0 Å². The highest BCUT2D eigenvalue weighted by atomic mass is 35.5. The number of anilines is 2. The molecule has 0 radical (unpaired) electrons. The Morgan fingerprint density at radius 3 is 1.23 bits per heavy atom. The van der Waals surface area contributed by atoms with Crippen LogP contribution in [0.1, 0.15) is 21.0 Å². The van der Waals surface area contributed by atoms with Crippen LogP contribution in [-0.2, 0) is 0 Å². The average molecular weight is 929 g/mol. The van der Waals surface area contributed by atoms with E-state index < -0.39 is 17.8 Å². The van der Waals surface area contributed by atoms with Crippen LogP contribution < -0.4 is 28.3 Å². The molecular weight excluding hydrogens is 897 g/mol. The molecule has 0 saturated carbocycles. The second-order valence-electron chi connectivity index (χ2n) is 3.79. The smallest absolute Gasteiger partial charge is 0.328 e. The van der Waals surface area contributed by atoms with Gasteiger partial charge in [0.25, 0.3) is 11.8 Å². The van der Waals surface area contributed by atoms with Gasteiger partial charge in [0.1, 0.15) is 17.8 Å². The number of nitrogens with zero attached hydrogens (tertiary/aromatic N) is 3. The van der Waals surface area contributed by atoms with Gasteiger partial charge in [-0.15, -0.1) is 211 Å². The number of aromatic nitrogens is 4. The molecule has 0 aromatic carbocycles. The maximum absolute atomic E-state index is 11.0. The molecule has 3 amide bonds. The summed E-state index contributed by atoms with van der Waals surface area (Å²) in [5.41, 5.74) is 20.5. The van der Waals surface area contributed by atoms with Gasteiger partial charge in [0, 0.05) is 7.05 Å². The second kappa shape index (κ2) is 58.9. The topological polar surface area (TPSA) is 214 Å². The van der Waals surface area contributed by atoms with Crippen LogP contribution in [0.2, 0.25) is 0 Å². The Bertz CT molecular complexity index is 741. The maximum atomic E-state index is 11.0. The Hall–Kier alpha value is 1.36. The number of aromatic amines is 1. The van der Waals surface area contributed by atoms with Gasteiger partial charge in [0.15, 0.2) is 11.5 Å². The number of nitrogens with one attached hydrogen (secondary N) is 2. The Kier molecular flexibility index (Phi) is 173. The molecule has 0 unspecified atom stereocenters. The molecule has 0 fully saturated rings. The predicted molar refractivity (Wildman–Crippen MR) is 200 cm³/mol. The van der Waals surface area contributed by atoms with Gasteiger partial charge >= 0.3 is 6.03 Å². The van der Waals surface area contributed by atoms with E-state index in [4.69, 9.17) is 22.9 Å². The van der Waals surface area contributed by atoms with E-state index in [2.05, 4.69) is 20.3 Å². The molecule has 12 nitrogen and oxygen atoms in total. The first-order valence-electron chi connectivity index (χ1n) is 5.72. The van der Waals surface area contributed by atoms with Crippen LogP contribution >= 0.6 is 211 Å². The van der Waals surface area contributed by atoms with Gasteiger partial charge in [0.05, 0.1) is 6.33 Å². The highest BCUT2D eigenvalue weighted by Crippen LogP contribution is 2.07. The maximum Gasteiger partial charge on any atom is 0.328 e. The molecule has 39 heavy (non-hydrogen) atoms. The Morgan fingerprint density at radius 2 is 1.05 bits per heavy atom. The molecule has 0 aliphatic heterocycles. The molecule has 2 rings (SSSR count). The normalized spacial score (nSPS) is 5.36. The van der Waals surface area contributed by atoms with Crippen LogP contribution in [0.4, 0.5) is 16.4 Å². The summed E-state index contributed by atoms with van der Waals surface area (Å²) in [7, 11) is 1.44. The van der Waals surface area contributed by atoms with Crippen molar-refractivity contribution in [2.75, 3.05) is 18.5 Å². The van der Waals surface area contributed by atoms with Crippen molar-refractivity contribution in [3.8, 4) is 0 Å². The van der Waals surface area contributed by atoms with Crippen molar-refractivity contribution in [1.29, 1.82) is 0 Å². The zero-order chi connectivity index (χ0) is 16.9. The number of halogens is 17. The van der Waals surface area contributed by atoms with Crippen LogP contribution in [0, 0.1) is 0 Å². The summed E-state index contributed by atoms with van der Waals surface area (Å²) in [6.45, 7) is 0. The van der Waals surface area contributed by atoms with E-state index >= 15 is 0 Å². The zero-order valence-electron chi connectivity index (χ0n) is 18.5. The third kappa shape index (κ3) is 37.3. The largest absolute Gasteiger partial charge is 0.383 e. The van der Waals surface area contributed by atoms with Crippen molar-refractivity contribution < 1.29 is 14.4 Å². The molecule has 0 spiro atoms. The number of H-pyrrole nitrogens is 1. The van der Waals surface area contributed by atoms with E-state index in [1.54, 1.807) is 0 Å². The third-order valence-electron chi connectivity index (χ3n) is 2.39. The predicted octanol–water partition coefficient (Wildman–Crippen LogP) is 5.01. The molecule has 2 heterocycles. The number of hydrogen-bond donors (Lipinski definition) is 6. The van der Waals surface area contributed by atoms with Crippen LogP contribution in [0.5, 0.6) is 0 Å². The number of hydrogen-bond acceptors (Lipinski definition) is 7. The highest BCUT2D eigenvalue weighted by Gasteiger charge is 2.15. The Labute approximate surface area is 330 Å². The number of imidazole rings is 2. The van der Waals surface area contributed by atoms with Gasteiger partial charge in [0.2, 0.25) is 0 Å². The fourth-order valence-electron chi connectivity index (χ4n) is 1.33. The van der Waals surface area contributed by atoms with E-state index in [-0.39, 0.29) is 234 Å². The van der Waals surface area contributed by atoms with Crippen LogP contribution in [-0.4, -0.2) is 44.4 Å². The first-order chi connectivity index (χ1) is 10.3. The molecule has 2 aromatic heterocycles. The van der Waals surface area contributed by atoms with E-state index in [0.717, 1.165) is 10.9 Å². The van der Waals surface area contributed by atoms with Gasteiger partial charge < -0.3 is 33.2 Å². The minimum absolute atomic E-state index is 0. The molecule has 0 atom stereocenters. The van der Waals surface area contributed by atoms with Crippen LogP contribution in [0.25, 0.3) is 0 Å². The van der Waals surface area contributed by atoms with Crippen molar-refractivity contribution in [2.24, 2.45) is 11.5 Å². The van der Waals surface area contributed by atoms with Crippen molar-refractivity contribution in [3.05, 3.63) is 24.0 Å². The molecule has 0 aliphatic carbocycles. The summed E-state index contributed by atoms with van der Waals surface area (Å²) in [5, 5.41) is 2.33. The number of amides is 3. The number of primary amides is 2. The van der Waals surface area contributed by atoms with Crippen molar-refractivity contribution in [3.63, 3.8) is 0 Å². The van der Waals surface area contributed by atoms with Crippen molar-refractivity contribution >= 4 is 240 Å². The molecule has 10 N–H and O–H groups in total. The molecule has 0 aliphatic rings. The summed E-state index contributed by atoms with van der Waals surface area (Å²) in [6.07, 6.45) is 2.45. The van der Waals surface area contributed by atoms with Gasteiger partial charge in [-0.2, -0.15) is 0 Å². The van der Waals surface area contributed by atoms with E-state index in [9.17, 15) is 14.4 Å². The van der Waals surface area contributed by atoms with E-state index in [1.165, 1.54) is 13.4 Å². The molecular formula is C10H32Cl17N9O3. The lowest BCUT2D eigenvalue weighted by molar-refractivity contribution is 0.0988. The number of rotatable bonds is 2. The molecule has 2 aromatic rings. The minimum Gasteiger partial charge on any atom is -0.383 e. The lowest BCUT2D eigenvalue weighted by atomic mass is 10.4. The monoisotopic (exact) mass is 921 g/mol. The second-order valence-corrected chi connectivity index (χ2v) is 3.79. The average Bonchev–Trinajstić information content (AvgIpc) is 3.04. The summed E-state index contributed by atoms with van der Waals surface area (Å²) in [5.74, 6) is -1.28. The standard InChI is InChI=1S/C6H9N5O2.C4H6N4O.17ClH/c1-9-6(13)11-2-10-3(4(11)7)5(8)12;5-3-2(4(6)9)7-1-8-3;;;;;;;;;;;;;;;;;/h2H,7H2,1H3,(H2,8,12)(H,9,13);1H,5H2,(H2,6,9)(H,7,8);17*1H. The number of nitrogen functional groups attached to an aromatic ring is 2. The summed E-state index contributed by atoms with van der Waals surface area (Å²) in [6, 6.07) is -0.475. The van der Waals surface area contributed by atoms with Gasteiger partial charge in [-0.05, 0) is 0 Å². The lowest BCUT2D eigenvalue weighted by Crippen LogP contribution is -2.25. The fraction of sp³-hybridized carbons (Fsp3) is 0.100. The lowest BCUT2D eigenvalue weighted by Gasteiger charge is -2.01. The Morgan fingerprint density at radius 1 is 0.692 bits per heavy atom. The molecule has 0 saturated heterocycles. The first kappa shape index (κ1) is 115. The van der Waals surface area contributed by atoms with Gasteiger partial charge in [-0.3, -0.25) is 9.59 Å². The fourth-order valence-corrected chi connectivity index (χ4v) is 1.33. The van der Waals surface area contributed by atoms with Gasteiger partial charge in [-0.1, -0.05) is 0 Å². The van der Waals surface area contributed by atoms with Crippen LogP contribution in [0.15, 0.2) is 12.7 Å². The molecule has 254 valence electrons. The summed E-state index contributed by atoms with van der Waals surface area (Å²) >= 11 is 0. The zero-order valence-corrected chi connectivity index (χ0v) is 32.4. The highest BCUT2D eigenvalue weighted by molar-refractivity contribution is 5.97. The van der Waals surface area contributed by atoms with Crippen molar-refractivity contribution in [1.82, 2.24) is 24.8 Å². The summed E-state index contributed by atoms with van der Waals surface area (Å²) in [4.78, 5) is 41.7. The quantitative estimate of drug-likeness (QED) is 0.242. The number of carbonyl (C=O) groups is 3. The van der Waals surface area contributed by atoms with Crippen molar-refractivity contribution in [2.45, 2.75) is 0 Å². The van der Waals surface area contributed by atoms with E-state index in [1.807, 2.05) is 0 Å². The minimum atomic E-state index is -0.764. The van der Waals surface area contributed by atoms with Gasteiger partial charge in [-0.25, -0.2) is 19.3 Å². The summed E-state index contributed by atoms with van der Waals surface area (Å²) < 4.78 is 1.00. The molecule has 0 bridgehead atoms. The SMILES string of the molecule is CNC(=O)n1cnc(C(N)=O)c1N.Cl.Cl.Cl.Cl.Cl.Cl.Cl.Cl.Cl.Cl.Cl.Cl.Cl.Cl.Cl.Cl.Cl.NC(=O)c1[nH]cnc1N.